The van der Waals surface area contributed by atoms with Gasteiger partial charge in [-0.05, 0) is 41.8 Å². The second kappa shape index (κ2) is 8.93. The minimum absolute atomic E-state index is 0.262. The van der Waals surface area contributed by atoms with Gasteiger partial charge in [0.2, 0.25) is 0 Å². The highest BCUT2D eigenvalue weighted by Gasteiger charge is 2.54. The van der Waals surface area contributed by atoms with Crippen LogP contribution in [0, 0.1) is 0 Å². The molecule has 0 radical (unpaired) electrons. The zero-order valence-electron chi connectivity index (χ0n) is 16.5. The highest BCUT2D eigenvalue weighted by Crippen LogP contribution is 2.41. The molecule has 1 fully saturated rings. The van der Waals surface area contributed by atoms with E-state index in [1.54, 1.807) is 42.5 Å². The Labute approximate surface area is 184 Å². The fraction of sp³-hybridized carbons (Fsp3) is 0.286. The standard InChI is InChI=1S/C21H21Cl2N3O4/c1-3-4-11-24-20(29)30-15-8-5-13(6-9-15)21(18(27)25-19(28)26(21)2)14-7-10-16(22)17(23)12-14/h5-10,12H,3-4,11H2,1-2H3,(H,24,29)(H,25,27,28). The average molecular weight is 450 g/mol. The minimum atomic E-state index is -1.44. The third-order valence-corrected chi connectivity index (χ3v) is 5.72. The van der Waals surface area contributed by atoms with Crippen LogP contribution in [0.3, 0.4) is 0 Å². The maximum atomic E-state index is 13.0. The summed E-state index contributed by atoms with van der Waals surface area (Å²) in [6.07, 6.45) is 1.26. The molecule has 1 aliphatic rings. The summed E-state index contributed by atoms with van der Waals surface area (Å²) in [5.74, 6) is -0.205. The van der Waals surface area contributed by atoms with Gasteiger partial charge >= 0.3 is 12.1 Å². The lowest BCUT2D eigenvalue weighted by Crippen LogP contribution is -2.45. The lowest BCUT2D eigenvalue weighted by Gasteiger charge is -2.34. The number of likely N-dealkylation sites (N-methyl/N-ethyl adjacent to an activating group) is 1. The predicted molar refractivity (Wildman–Crippen MR) is 114 cm³/mol. The molecule has 0 aromatic heterocycles. The van der Waals surface area contributed by atoms with E-state index < -0.39 is 23.6 Å². The van der Waals surface area contributed by atoms with Crippen LogP contribution in [-0.4, -0.2) is 36.5 Å². The van der Waals surface area contributed by atoms with Crippen molar-refractivity contribution in [2.75, 3.05) is 13.6 Å². The second-order valence-corrected chi connectivity index (χ2v) is 7.67. The molecule has 30 heavy (non-hydrogen) atoms. The van der Waals surface area contributed by atoms with E-state index in [0.29, 0.717) is 28.4 Å². The van der Waals surface area contributed by atoms with Gasteiger partial charge in [0, 0.05) is 13.6 Å². The number of hydrogen-bond acceptors (Lipinski definition) is 4. The summed E-state index contributed by atoms with van der Waals surface area (Å²) in [6, 6.07) is 10.6. The summed E-state index contributed by atoms with van der Waals surface area (Å²) in [7, 11) is 1.52. The Hall–Kier alpha value is -2.77. The molecule has 158 valence electrons. The quantitative estimate of drug-likeness (QED) is 0.507. The lowest BCUT2D eigenvalue weighted by atomic mass is 9.81. The van der Waals surface area contributed by atoms with Crippen LogP contribution >= 0.6 is 23.2 Å². The highest BCUT2D eigenvalue weighted by molar-refractivity contribution is 6.42. The molecule has 1 heterocycles. The number of urea groups is 1. The van der Waals surface area contributed by atoms with E-state index in [1.165, 1.54) is 11.9 Å². The summed E-state index contributed by atoms with van der Waals surface area (Å²) in [4.78, 5) is 38.4. The van der Waals surface area contributed by atoms with Crippen molar-refractivity contribution >= 4 is 41.2 Å². The molecule has 3 rings (SSSR count). The van der Waals surface area contributed by atoms with E-state index in [1.807, 2.05) is 6.92 Å². The number of carbonyl (C=O) groups excluding carboxylic acids is 3. The SMILES string of the molecule is CCCCNC(=O)Oc1ccc(C2(c3ccc(Cl)c(Cl)c3)C(=O)NC(=O)N2C)cc1. The largest absolute Gasteiger partial charge is 0.412 e. The van der Waals surface area contributed by atoms with Crippen molar-refractivity contribution in [2.24, 2.45) is 0 Å². The number of nitrogens with one attached hydrogen (secondary N) is 2. The topological polar surface area (TPSA) is 87.7 Å². The zero-order valence-corrected chi connectivity index (χ0v) is 18.0. The zero-order chi connectivity index (χ0) is 21.9. The third kappa shape index (κ3) is 3.95. The fourth-order valence-corrected chi connectivity index (χ4v) is 3.69. The number of unbranched alkanes of at least 4 members (excludes halogenated alkanes) is 1. The Morgan fingerprint density at radius 2 is 1.77 bits per heavy atom. The molecular formula is C21H21Cl2N3O4. The van der Waals surface area contributed by atoms with Gasteiger partial charge in [0.25, 0.3) is 5.91 Å². The molecule has 0 spiro atoms. The van der Waals surface area contributed by atoms with Gasteiger partial charge < -0.3 is 15.0 Å². The Morgan fingerprint density at radius 3 is 2.33 bits per heavy atom. The lowest BCUT2D eigenvalue weighted by molar-refractivity contribution is -0.124. The maximum Gasteiger partial charge on any atom is 0.412 e. The molecule has 2 aromatic rings. The van der Waals surface area contributed by atoms with E-state index in [-0.39, 0.29) is 5.02 Å². The number of nitrogens with zero attached hydrogens (tertiary/aromatic N) is 1. The summed E-state index contributed by atoms with van der Waals surface area (Å²) in [5, 5.41) is 5.60. The van der Waals surface area contributed by atoms with Crippen molar-refractivity contribution < 1.29 is 19.1 Å². The molecule has 9 heteroatoms. The van der Waals surface area contributed by atoms with Gasteiger partial charge in [-0.1, -0.05) is 54.7 Å². The summed E-state index contributed by atoms with van der Waals surface area (Å²) < 4.78 is 5.26. The van der Waals surface area contributed by atoms with Gasteiger partial charge in [0.1, 0.15) is 5.75 Å². The van der Waals surface area contributed by atoms with Crippen LogP contribution in [0.25, 0.3) is 0 Å². The van der Waals surface area contributed by atoms with E-state index in [2.05, 4.69) is 10.6 Å². The first-order valence-corrected chi connectivity index (χ1v) is 10.2. The molecular weight excluding hydrogens is 429 g/mol. The Bertz CT molecular complexity index is 981. The minimum Gasteiger partial charge on any atom is -0.410 e. The van der Waals surface area contributed by atoms with Crippen LogP contribution in [0.4, 0.5) is 9.59 Å². The first kappa shape index (κ1) is 21.9. The molecule has 1 saturated heterocycles. The molecule has 0 aliphatic carbocycles. The number of ether oxygens (including phenoxy) is 1. The van der Waals surface area contributed by atoms with Gasteiger partial charge in [-0.15, -0.1) is 0 Å². The molecule has 2 aromatic carbocycles. The van der Waals surface area contributed by atoms with Crippen LogP contribution in [0.15, 0.2) is 42.5 Å². The number of imide groups is 1. The number of hydrogen-bond donors (Lipinski definition) is 2. The summed E-state index contributed by atoms with van der Waals surface area (Å²) in [5.41, 5.74) is -0.452. The number of halogens is 2. The van der Waals surface area contributed by atoms with Crippen molar-refractivity contribution in [1.29, 1.82) is 0 Å². The van der Waals surface area contributed by atoms with Crippen LogP contribution in [0.1, 0.15) is 30.9 Å². The Balaban J connectivity index is 1.96. The van der Waals surface area contributed by atoms with Crippen LogP contribution < -0.4 is 15.4 Å². The van der Waals surface area contributed by atoms with E-state index >= 15 is 0 Å². The van der Waals surface area contributed by atoms with Gasteiger partial charge in [-0.2, -0.15) is 0 Å². The molecule has 1 atom stereocenters. The van der Waals surface area contributed by atoms with E-state index in [0.717, 1.165) is 12.8 Å². The molecule has 1 unspecified atom stereocenters. The molecule has 1 aliphatic heterocycles. The van der Waals surface area contributed by atoms with E-state index in [9.17, 15) is 14.4 Å². The summed E-state index contributed by atoms with van der Waals surface area (Å²) >= 11 is 12.2. The van der Waals surface area contributed by atoms with Crippen LogP contribution in [0.5, 0.6) is 5.75 Å². The third-order valence-electron chi connectivity index (χ3n) is 4.98. The highest BCUT2D eigenvalue weighted by atomic mass is 35.5. The predicted octanol–water partition coefficient (Wildman–Crippen LogP) is 4.31. The smallest absolute Gasteiger partial charge is 0.410 e. The fourth-order valence-electron chi connectivity index (χ4n) is 3.39. The monoisotopic (exact) mass is 449 g/mol. The van der Waals surface area contributed by atoms with Gasteiger partial charge in [-0.3, -0.25) is 10.1 Å². The number of benzene rings is 2. The average Bonchev–Trinajstić information content (AvgIpc) is 2.94. The molecule has 2 N–H and O–H groups in total. The van der Waals surface area contributed by atoms with Crippen LogP contribution in [-0.2, 0) is 10.3 Å². The normalized spacial score (nSPS) is 18.3. The molecule has 0 saturated carbocycles. The Kier molecular flexibility index (Phi) is 6.53. The van der Waals surface area contributed by atoms with Gasteiger partial charge in [0.15, 0.2) is 5.54 Å². The molecule has 0 bridgehead atoms. The number of rotatable bonds is 6. The summed E-state index contributed by atoms with van der Waals surface area (Å²) in [6.45, 7) is 2.55. The van der Waals surface area contributed by atoms with Crippen molar-refractivity contribution in [1.82, 2.24) is 15.5 Å². The molecule has 7 nitrogen and oxygen atoms in total. The first-order chi connectivity index (χ1) is 14.3. The maximum absolute atomic E-state index is 13.0. The van der Waals surface area contributed by atoms with Crippen molar-refractivity contribution in [3.8, 4) is 5.75 Å². The first-order valence-electron chi connectivity index (χ1n) is 9.41. The Morgan fingerprint density at radius 1 is 1.10 bits per heavy atom. The molecule has 4 amide bonds. The van der Waals surface area contributed by atoms with Crippen LogP contribution in [0.2, 0.25) is 10.0 Å². The van der Waals surface area contributed by atoms with Gasteiger partial charge in [-0.25, -0.2) is 9.59 Å². The van der Waals surface area contributed by atoms with Crippen molar-refractivity contribution in [3.63, 3.8) is 0 Å². The van der Waals surface area contributed by atoms with Crippen molar-refractivity contribution in [3.05, 3.63) is 63.6 Å². The second-order valence-electron chi connectivity index (χ2n) is 6.85. The van der Waals surface area contributed by atoms with Crippen molar-refractivity contribution in [2.45, 2.75) is 25.3 Å². The van der Waals surface area contributed by atoms with E-state index in [4.69, 9.17) is 27.9 Å². The number of carbonyl (C=O) groups is 3. The number of amides is 4. The van der Waals surface area contributed by atoms with Gasteiger partial charge in [0.05, 0.1) is 10.0 Å².